The highest BCUT2D eigenvalue weighted by molar-refractivity contribution is 6.31. The van der Waals surface area contributed by atoms with Gasteiger partial charge in [0.2, 0.25) is 0 Å². The van der Waals surface area contributed by atoms with Crippen molar-refractivity contribution >= 4 is 23.0 Å². The van der Waals surface area contributed by atoms with Gasteiger partial charge < -0.3 is 5.32 Å². The van der Waals surface area contributed by atoms with Crippen molar-refractivity contribution in [2.24, 2.45) is 0 Å². The van der Waals surface area contributed by atoms with E-state index in [0.717, 1.165) is 11.3 Å². The predicted octanol–water partition coefficient (Wildman–Crippen LogP) is 4.42. The van der Waals surface area contributed by atoms with Gasteiger partial charge in [-0.3, -0.25) is 10.1 Å². The first-order chi connectivity index (χ1) is 9.08. The fourth-order valence-corrected chi connectivity index (χ4v) is 2.13. The van der Waals surface area contributed by atoms with E-state index in [1.54, 1.807) is 12.1 Å². The van der Waals surface area contributed by atoms with E-state index in [1.807, 2.05) is 31.2 Å². The molecule has 0 spiro atoms. The van der Waals surface area contributed by atoms with Crippen molar-refractivity contribution in [2.45, 2.75) is 13.0 Å². The molecule has 1 unspecified atom stereocenters. The second kappa shape index (κ2) is 5.71. The van der Waals surface area contributed by atoms with Gasteiger partial charge in [-0.1, -0.05) is 29.8 Å². The average Bonchev–Trinajstić information content (AvgIpc) is 2.39. The van der Waals surface area contributed by atoms with E-state index < -0.39 is 4.92 Å². The van der Waals surface area contributed by atoms with Gasteiger partial charge in [-0.05, 0) is 30.7 Å². The summed E-state index contributed by atoms with van der Waals surface area (Å²) < 4.78 is 0. The molecule has 0 aromatic heterocycles. The molecular weight excluding hydrogens is 264 g/mol. The summed E-state index contributed by atoms with van der Waals surface area (Å²) in [5.41, 5.74) is 1.89. The van der Waals surface area contributed by atoms with Gasteiger partial charge in [-0.25, -0.2) is 0 Å². The number of rotatable bonds is 4. The molecule has 0 radical (unpaired) electrons. The van der Waals surface area contributed by atoms with Gasteiger partial charge in [0.15, 0.2) is 0 Å². The lowest BCUT2D eigenvalue weighted by molar-refractivity contribution is -0.384. The number of nitro groups is 1. The van der Waals surface area contributed by atoms with Crippen LogP contribution in [0.15, 0.2) is 48.5 Å². The van der Waals surface area contributed by atoms with Crippen molar-refractivity contribution < 1.29 is 4.92 Å². The first-order valence-corrected chi connectivity index (χ1v) is 6.21. The molecule has 2 aromatic carbocycles. The average molecular weight is 277 g/mol. The van der Waals surface area contributed by atoms with Crippen LogP contribution in [-0.2, 0) is 0 Å². The van der Waals surface area contributed by atoms with Crippen LogP contribution in [0.4, 0.5) is 11.4 Å². The Morgan fingerprint density at radius 3 is 2.37 bits per heavy atom. The van der Waals surface area contributed by atoms with Crippen LogP contribution in [0.1, 0.15) is 18.5 Å². The molecule has 4 nitrogen and oxygen atoms in total. The molecule has 0 bridgehead atoms. The van der Waals surface area contributed by atoms with Gasteiger partial charge >= 0.3 is 0 Å². The molecular formula is C14H13ClN2O2. The minimum absolute atomic E-state index is 0.0233. The van der Waals surface area contributed by atoms with E-state index in [1.165, 1.54) is 12.1 Å². The molecule has 0 aliphatic rings. The van der Waals surface area contributed by atoms with Crippen molar-refractivity contribution in [1.29, 1.82) is 0 Å². The highest BCUT2D eigenvalue weighted by Gasteiger charge is 2.10. The van der Waals surface area contributed by atoms with E-state index in [-0.39, 0.29) is 11.7 Å². The Morgan fingerprint density at radius 1 is 1.16 bits per heavy atom. The molecule has 2 aromatic rings. The molecule has 0 aliphatic carbocycles. The third-order valence-electron chi connectivity index (χ3n) is 2.83. The van der Waals surface area contributed by atoms with Gasteiger partial charge in [0.05, 0.1) is 4.92 Å². The minimum Gasteiger partial charge on any atom is -0.378 e. The maximum atomic E-state index is 10.6. The maximum absolute atomic E-state index is 10.6. The number of hydrogen-bond donors (Lipinski definition) is 1. The van der Waals surface area contributed by atoms with Crippen molar-refractivity contribution in [2.75, 3.05) is 5.32 Å². The second-order valence-corrected chi connectivity index (χ2v) is 4.60. The zero-order valence-corrected chi connectivity index (χ0v) is 11.1. The summed E-state index contributed by atoms with van der Waals surface area (Å²) in [7, 11) is 0. The number of nitrogens with one attached hydrogen (secondary N) is 1. The number of anilines is 1. The summed E-state index contributed by atoms with van der Waals surface area (Å²) >= 11 is 6.12. The number of nitrogens with zero attached hydrogens (tertiary/aromatic N) is 1. The molecule has 0 amide bonds. The molecule has 1 N–H and O–H groups in total. The number of nitro benzene ring substituents is 1. The molecule has 0 heterocycles. The van der Waals surface area contributed by atoms with E-state index >= 15 is 0 Å². The molecule has 98 valence electrons. The molecule has 19 heavy (non-hydrogen) atoms. The van der Waals surface area contributed by atoms with Crippen LogP contribution in [0.25, 0.3) is 0 Å². The zero-order valence-electron chi connectivity index (χ0n) is 10.3. The van der Waals surface area contributed by atoms with Crippen LogP contribution in [0.5, 0.6) is 0 Å². The molecule has 1 atom stereocenters. The Morgan fingerprint density at radius 2 is 1.79 bits per heavy atom. The Labute approximate surface area is 116 Å². The largest absolute Gasteiger partial charge is 0.378 e. The van der Waals surface area contributed by atoms with E-state index in [0.29, 0.717) is 5.02 Å². The maximum Gasteiger partial charge on any atom is 0.269 e. The van der Waals surface area contributed by atoms with Gasteiger partial charge in [0.1, 0.15) is 0 Å². The van der Waals surface area contributed by atoms with Crippen LogP contribution in [-0.4, -0.2) is 4.92 Å². The summed E-state index contributed by atoms with van der Waals surface area (Å²) in [6, 6.07) is 13.9. The van der Waals surface area contributed by atoms with E-state index in [9.17, 15) is 10.1 Å². The lowest BCUT2D eigenvalue weighted by Crippen LogP contribution is -2.07. The zero-order chi connectivity index (χ0) is 13.8. The third kappa shape index (κ3) is 3.23. The van der Waals surface area contributed by atoms with Crippen molar-refractivity contribution in [3.63, 3.8) is 0 Å². The van der Waals surface area contributed by atoms with Crippen molar-refractivity contribution in [1.82, 2.24) is 0 Å². The first kappa shape index (κ1) is 13.4. The lowest BCUT2D eigenvalue weighted by atomic mass is 10.1. The molecule has 2 rings (SSSR count). The second-order valence-electron chi connectivity index (χ2n) is 4.19. The van der Waals surface area contributed by atoms with Crippen molar-refractivity contribution in [3.05, 3.63) is 69.2 Å². The topological polar surface area (TPSA) is 55.2 Å². The van der Waals surface area contributed by atoms with Gasteiger partial charge in [0, 0.05) is 28.9 Å². The Kier molecular flexibility index (Phi) is 4.02. The van der Waals surface area contributed by atoms with Gasteiger partial charge in [-0.2, -0.15) is 0 Å². The fourth-order valence-electron chi connectivity index (χ4n) is 1.83. The highest BCUT2D eigenvalue weighted by atomic mass is 35.5. The highest BCUT2D eigenvalue weighted by Crippen LogP contribution is 2.26. The SMILES string of the molecule is CC(Nc1ccc([N+](=O)[O-])cc1)c1ccccc1Cl. The van der Waals surface area contributed by atoms with Crippen LogP contribution >= 0.6 is 11.6 Å². The predicted molar refractivity (Wildman–Crippen MR) is 76.6 cm³/mol. The quantitative estimate of drug-likeness (QED) is 0.664. The lowest BCUT2D eigenvalue weighted by Gasteiger charge is -2.16. The molecule has 0 saturated heterocycles. The first-order valence-electron chi connectivity index (χ1n) is 5.83. The van der Waals surface area contributed by atoms with Gasteiger partial charge in [0.25, 0.3) is 5.69 Å². The summed E-state index contributed by atoms with van der Waals surface area (Å²) in [6.07, 6.45) is 0. The van der Waals surface area contributed by atoms with E-state index in [2.05, 4.69) is 5.32 Å². The monoisotopic (exact) mass is 276 g/mol. The van der Waals surface area contributed by atoms with Crippen LogP contribution in [0, 0.1) is 10.1 Å². The van der Waals surface area contributed by atoms with Crippen LogP contribution in [0.2, 0.25) is 5.02 Å². The minimum atomic E-state index is -0.415. The summed E-state index contributed by atoms with van der Waals surface area (Å²) in [6.45, 7) is 1.99. The smallest absolute Gasteiger partial charge is 0.269 e. The number of benzene rings is 2. The third-order valence-corrected chi connectivity index (χ3v) is 3.18. The van der Waals surface area contributed by atoms with Crippen LogP contribution < -0.4 is 5.32 Å². The Bertz CT molecular complexity index is 584. The van der Waals surface area contributed by atoms with E-state index in [4.69, 9.17) is 11.6 Å². The number of hydrogen-bond acceptors (Lipinski definition) is 3. The Hall–Kier alpha value is -2.07. The number of non-ortho nitro benzene ring substituents is 1. The fraction of sp³-hybridized carbons (Fsp3) is 0.143. The number of halogens is 1. The summed E-state index contributed by atoms with van der Waals surface area (Å²) in [5, 5.41) is 14.5. The molecule has 0 saturated carbocycles. The van der Waals surface area contributed by atoms with Gasteiger partial charge in [-0.15, -0.1) is 0 Å². The molecule has 5 heteroatoms. The summed E-state index contributed by atoms with van der Waals surface area (Å²) in [4.78, 5) is 10.2. The standard InChI is InChI=1S/C14H13ClN2O2/c1-10(13-4-2-3-5-14(13)15)16-11-6-8-12(9-7-11)17(18)19/h2-10,16H,1H3. The van der Waals surface area contributed by atoms with Crippen LogP contribution in [0.3, 0.4) is 0 Å². The summed E-state index contributed by atoms with van der Waals surface area (Å²) in [5.74, 6) is 0. The molecule has 0 aliphatic heterocycles. The molecule has 0 fully saturated rings. The normalized spacial score (nSPS) is 11.9. The Balaban J connectivity index is 2.13. The van der Waals surface area contributed by atoms with Crippen molar-refractivity contribution in [3.8, 4) is 0 Å².